The monoisotopic (exact) mass is 341 g/mol. The van der Waals surface area contributed by atoms with Crippen molar-refractivity contribution in [2.24, 2.45) is 0 Å². The van der Waals surface area contributed by atoms with Crippen molar-refractivity contribution < 1.29 is 8.63 Å². The molecule has 124 valence electrons. The van der Waals surface area contributed by atoms with E-state index in [2.05, 4.69) is 15.5 Å². The smallest absolute Gasteiger partial charge is 0.247 e. The van der Waals surface area contributed by atoms with E-state index >= 15 is 0 Å². The van der Waals surface area contributed by atoms with E-state index in [1.807, 2.05) is 55.5 Å². The Kier molecular flexibility index (Phi) is 5.05. The first-order valence-electron chi connectivity index (χ1n) is 7.75. The molecule has 1 N–H and O–H groups in total. The molecule has 0 aliphatic heterocycles. The minimum atomic E-state index is -0.937. The first-order chi connectivity index (χ1) is 11.7. The van der Waals surface area contributed by atoms with Gasteiger partial charge in [-0.3, -0.25) is 4.21 Å². The third-order valence-corrected chi connectivity index (χ3v) is 4.59. The topological polar surface area (TPSA) is 68.0 Å². The molecule has 0 aliphatic rings. The number of rotatable bonds is 6. The van der Waals surface area contributed by atoms with Crippen LogP contribution in [-0.4, -0.2) is 20.7 Å². The maximum Gasteiger partial charge on any atom is 0.247 e. The van der Waals surface area contributed by atoms with Crippen molar-refractivity contribution in [1.82, 2.24) is 10.2 Å². The van der Waals surface area contributed by atoms with E-state index in [-0.39, 0.29) is 0 Å². The molecule has 3 rings (SSSR count). The Morgan fingerprint density at radius 2 is 1.75 bits per heavy atom. The minimum Gasteiger partial charge on any atom is -0.421 e. The van der Waals surface area contributed by atoms with Crippen LogP contribution in [0, 0.1) is 0 Å². The molecule has 1 heterocycles. The van der Waals surface area contributed by atoms with Gasteiger partial charge < -0.3 is 9.73 Å². The van der Waals surface area contributed by atoms with Gasteiger partial charge in [-0.2, -0.15) is 0 Å². The van der Waals surface area contributed by atoms with E-state index in [9.17, 15) is 4.21 Å². The maximum absolute atomic E-state index is 11.4. The summed E-state index contributed by atoms with van der Waals surface area (Å²) in [5.41, 5.74) is 3.05. The maximum atomic E-state index is 11.4. The first kappa shape index (κ1) is 16.4. The molecule has 0 amide bonds. The van der Waals surface area contributed by atoms with Gasteiger partial charge in [0.15, 0.2) is 0 Å². The summed E-state index contributed by atoms with van der Waals surface area (Å²) in [6.07, 6.45) is 2.42. The molecule has 3 aromatic rings. The van der Waals surface area contributed by atoms with Crippen LogP contribution in [0.2, 0.25) is 0 Å². The van der Waals surface area contributed by atoms with E-state index in [0.717, 1.165) is 28.1 Å². The zero-order valence-corrected chi connectivity index (χ0v) is 14.5. The van der Waals surface area contributed by atoms with E-state index < -0.39 is 10.8 Å². The van der Waals surface area contributed by atoms with Crippen molar-refractivity contribution >= 4 is 16.5 Å². The fourth-order valence-electron chi connectivity index (χ4n) is 2.25. The predicted octanol–water partition coefficient (Wildman–Crippen LogP) is 3.65. The van der Waals surface area contributed by atoms with Crippen molar-refractivity contribution in [3.63, 3.8) is 0 Å². The number of hydrogen-bond acceptors (Lipinski definition) is 5. The normalized spacial score (nSPS) is 12.1. The van der Waals surface area contributed by atoms with Gasteiger partial charge in [-0.1, -0.05) is 19.1 Å². The van der Waals surface area contributed by atoms with Crippen molar-refractivity contribution in [2.75, 3.05) is 11.6 Å². The molecule has 5 nitrogen and oxygen atoms in total. The molecule has 0 radical (unpaired) electrons. The van der Waals surface area contributed by atoms with Crippen molar-refractivity contribution in [3.8, 4) is 11.5 Å². The molecule has 1 aromatic heterocycles. The van der Waals surface area contributed by atoms with E-state index in [1.54, 1.807) is 6.26 Å². The Hall–Kier alpha value is -2.47. The standard InChI is InChI=1S/C18H19N3O2S/c1-3-17-20-21-18(23-17)14-6-8-15(9-7-14)19-12-13-4-10-16(11-5-13)24(2)22/h4-11,19H,3,12H2,1-2H3/t24-/m1/s1. The van der Waals surface area contributed by atoms with Crippen LogP contribution in [-0.2, 0) is 23.8 Å². The summed E-state index contributed by atoms with van der Waals surface area (Å²) in [6.45, 7) is 2.69. The summed E-state index contributed by atoms with van der Waals surface area (Å²) in [4.78, 5) is 0.842. The van der Waals surface area contributed by atoms with E-state index in [1.165, 1.54) is 0 Å². The van der Waals surface area contributed by atoms with Gasteiger partial charge in [-0.15, -0.1) is 10.2 Å². The highest BCUT2D eigenvalue weighted by molar-refractivity contribution is 7.84. The van der Waals surface area contributed by atoms with Crippen molar-refractivity contribution in [1.29, 1.82) is 0 Å². The molecule has 0 spiro atoms. The highest BCUT2D eigenvalue weighted by Crippen LogP contribution is 2.21. The zero-order chi connectivity index (χ0) is 16.9. The van der Waals surface area contributed by atoms with Gasteiger partial charge in [0.2, 0.25) is 11.8 Å². The van der Waals surface area contributed by atoms with Crippen LogP contribution in [0.5, 0.6) is 0 Å². The quantitative estimate of drug-likeness (QED) is 0.741. The van der Waals surface area contributed by atoms with Gasteiger partial charge in [0.05, 0.1) is 0 Å². The second-order valence-corrected chi connectivity index (χ2v) is 6.76. The minimum absolute atomic E-state index is 0.543. The first-order valence-corrected chi connectivity index (χ1v) is 9.30. The molecule has 0 bridgehead atoms. The summed E-state index contributed by atoms with van der Waals surface area (Å²) in [6, 6.07) is 15.7. The lowest BCUT2D eigenvalue weighted by molar-refractivity contribution is 0.513. The Bertz CT molecular complexity index is 826. The molecule has 0 unspecified atom stereocenters. The van der Waals surface area contributed by atoms with Crippen LogP contribution in [0.25, 0.3) is 11.5 Å². The fraction of sp³-hybridized carbons (Fsp3) is 0.222. The highest BCUT2D eigenvalue weighted by Gasteiger charge is 2.07. The molecular formula is C18H19N3O2S. The van der Waals surface area contributed by atoms with Gasteiger partial charge in [0.25, 0.3) is 0 Å². The molecule has 0 fully saturated rings. The summed E-state index contributed by atoms with van der Waals surface area (Å²) in [5, 5.41) is 11.4. The highest BCUT2D eigenvalue weighted by atomic mass is 32.2. The van der Waals surface area contributed by atoms with Gasteiger partial charge >= 0.3 is 0 Å². The third kappa shape index (κ3) is 3.89. The molecule has 24 heavy (non-hydrogen) atoms. The van der Waals surface area contributed by atoms with Gasteiger partial charge in [0.1, 0.15) is 0 Å². The number of nitrogens with one attached hydrogen (secondary N) is 1. The van der Waals surface area contributed by atoms with Crippen molar-refractivity contribution in [3.05, 3.63) is 60.0 Å². The van der Waals surface area contributed by atoms with Crippen LogP contribution >= 0.6 is 0 Å². The lowest BCUT2D eigenvalue weighted by atomic mass is 10.2. The summed E-state index contributed by atoms with van der Waals surface area (Å²) < 4.78 is 16.9. The molecule has 0 saturated heterocycles. The van der Waals surface area contributed by atoms with Crippen LogP contribution < -0.4 is 5.32 Å². The lowest BCUT2D eigenvalue weighted by Gasteiger charge is -2.07. The molecule has 0 saturated carbocycles. The Morgan fingerprint density at radius 3 is 2.33 bits per heavy atom. The molecule has 1 atom stereocenters. The van der Waals surface area contributed by atoms with E-state index in [0.29, 0.717) is 18.3 Å². The predicted molar refractivity (Wildman–Crippen MR) is 95.2 cm³/mol. The largest absolute Gasteiger partial charge is 0.421 e. The van der Waals surface area contributed by atoms with Crippen LogP contribution in [0.15, 0.2) is 57.8 Å². The lowest BCUT2D eigenvalue weighted by Crippen LogP contribution is -1.99. The SMILES string of the molecule is CCc1nnc(-c2ccc(NCc3ccc([S@@](C)=O)cc3)cc2)o1. The van der Waals surface area contributed by atoms with Gasteiger partial charge in [0, 0.05) is 46.2 Å². The summed E-state index contributed by atoms with van der Waals surface area (Å²) in [5.74, 6) is 1.19. The number of aryl methyl sites for hydroxylation is 1. The second kappa shape index (κ2) is 7.40. The van der Waals surface area contributed by atoms with Crippen LogP contribution in [0.4, 0.5) is 5.69 Å². The average molecular weight is 341 g/mol. The van der Waals surface area contributed by atoms with E-state index in [4.69, 9.17) is 4.42 Å². The number of hydrogen-bond donors (Lipinski definition) is 1. The molecule has 6 heteroatoms. The second-order valence-electron chi connectivity index (χ2n) is 5.38. The van der Waals surface area contributed by atoms with Crippen LogP contribution in [0.3, 0.4) is 0 Å². The number of nitrogens with zero attached hydrogens (tertiary/aromatic N) is 2. The number of anilines is 1. The van der Waals surface area contributed by atoms with Crippen molar-refractivity contribution in [2.45, 2.75) is 24.8 Å². The number of benzene rings is 2. The summed E-state index contributed by atoms with van der Waals surface area (Å²) in [7, 11) is -0.937. The third-order valence-electron chi connectivity index (χ3n) is 3.65. The molecular weight excluding hydrogens is 322 g/mol. The van der Waals surface area contributed by atoms with Gasteiger partial charge in [-0.05, 0) is 42.0 Å². The summed E-state index contributed by atoms with van der Waals surface area (Å²) >= 11 is 0. The average Bonchev–Trinajstić information content (AvgIpc) is 3.10. The Morgan fingerprint density at radius 1 is 1.04 bits per heavy atom. The molecule has 0 aliphatic carbocycles. The fourth-order valence-corrected chi connectivity index (χ4v) is 2.77. The molecule has 2 aromatic carbocycles. The zero-order valence-electron chi connectivity index (χ0n) is 13.7. The number of aromatic nitrogens is 2. The van der Waals surface area contributed by atoms with Crippen LogP contribution in [0.1, 0.15) is 18.4 Å². The Labute approximate surface area is 143 Å². The Balaban J connectivity index is 1.62. The van der Waals surface area contributed by atoms with Gasteiger partial charge in [-0.25, -0.2) is 0 Å².